The molecule has 0 saturated heterocycles. The van der Waals surface area contributed by atoms with Crippen LogP contribution in [0.5, 0.6) is 0 Å². The zero-order valence-corrected chi connectivity index (χ0v) is 14.3. The standard InChI is InChI=1S/C18H14F2N4O3/c1-9-4-13(23-18(26)21-9)17(25)24-3-2-15-14(8-24)22-16(27-15)10-5-11(19)7-12(20)6-10/h4-7H,2-3,8H2,1H3,(H,21,23,26). The van der Waals surface area contributed by atoms with Gasteiger partial charge in [-0.2, -0.15) is 4.98 Å². The highest BCUT2D eigenvalue weighted by Crippen LogP contribution is 2.27. The van der Waals surface area contributed by atoms with E-state index >= 15 is 0 Å². The van der Waals surface area contributed by atoms with E-state index in [4.69, 9.17) is 4.42 Å². The topological polar surface area (TPSA) is 92.1 Å². The van der Waals surface area contributed by atoms with Crippen molar-refractivity contribution >= 4 is 5.91 Å². The van der Waals surface area contributed by atoms with E-state index in [2.05, 4.69) is 15.0 Å². The number of rotatable bonds is 2. The molecule has 0 fully saturated rings. The van der Waals surface area contributed by atoms with E-state index in [1.165, 1.54) is 11.0 Å². The number of benzene rings is 1. The molecule has 0 aliphatic carbocycles. The predicted molar refractivity (Wildman–Crippen MR) is 89.9 cm³/mol. The maximum absolute atomic E-state index is 13.4. The fourth-order valence-corrected chi connectivity index (χ4v) is 3.02. The first-order valence-corrected chi connectivity index (χ1v) is 8.21. The molecule has 0 bridgehead atoms. The van der Waals surface area contributed by atoms with Crippen LogP contribution in [0.2, 0.25) is 0 Å². The third-order valence-electron chi connectivity index (χ3n) is 4.22. The van der Waals surface area contributed by atoms with Crippen LogP contribution >= 0.6 is 0 Å². The highest BCUT2D eigenvalue weighted by molar-refractivity contribution is 5.92. The molecule has 1 aliphatic heterocycles. The Morgan fingerprint density at radius 1 is 1.19 bits per heavy atom. The first-order chi connectivity index (χ1) is 12.9. The monoisotopic (exact) mass is 372 g/mol. The molecule has 138 valence electrons. The number of aryl methyl sites for hydroxylation is 1. The van der Waals surface area contributed by atoms with Crippen molar-refractivity contribution in [3.8, 4) is 11.5 Å². The second kappa shape index (κ2) is 6.42. The summed E-state index contributed by atoms with van der Waals surface area (Å²) in [5.74, 6) is -1.19. The molecule has 0 radical (unpaired) electrons. The summed E-state index contributed by atoms with van der Waals surface area (Å²) in [6, 6.07) is 4.53. The van der Waals surface area contributed by atoms with Gasteiger partial charge < -0.3 is 14.3 Å². The van der Waals surface area contributed by atoms with Crippen molar-refractivity contribution < 1.29 is 18.0 Å². The number of carbonyl (C=O) groups is 1. The minimum atomic E-state index is -0.728. The van der Waals surface area contributed by atoms with E-state index in [0.717, 1.165) is 18.2 Å². The van der Waals surface area contributed by atoms with Gasteiger partial charge in [-0.15, -0.1) is 0 Å². The maximum atomic E-state index is 13.4. The molecule has 3 aromatic rings. The van der Waals surface area contributed by atoms with E-state index in [9.17, 15) is 18.4 Å². The number of amides is 1. The Bertz CT molecular complexity index is 1090. The van der Waals surface area contributed by atoms with Crippen molar-refractivity contribution in [1.82, 2.24) is 19.9 Å². The van der Waals surface area contributed by atoms with Gasteiger partial charge in [-0.25, -0.2) is 18.6 Å². The highest BCUT2D eigenvalue weighted by Gasteiger charge is 2.27. The molecule has 1 aromatic carbocycles. The van der Waals surface area contributed by atoms with Gasteiger partial charge in [-0.3, -0.25) is 4.79 Å². The number of hydrogen-bond acceptors (Lipinski definition) is 5. The van der Waals surface area contributed by atoms with Gasteiger partial charge in [0.25, 0.3) is 5.91 Å². The van der Waals surface area contributed by atoms with Crippen molar-refractivity contribution in [3.05, 3.63) is 69.2 Å². The first-order valence-electron chi connectivity index (χ1n) is 8.21. The molecule has 2 aromatic heterocycles. The normalized spacial score (nSPS) is 13.5. The lowest BCUT2D eigenvalue weighted by atomic mass is 10.1. The number of fused-ring (bicyclic) bond motifs is 1. The minimum Gasteiger partial charge on any atom is -0.441 e. The van der Waals surface area contributed by atoms with E-state index < -0.39 is 23.2 Å². The average molecular weight is 372 g/mol. The quantitative estimate of drug-likeness (QED) is 0.745. The third-order valence-corrected chi connectivity index (χ3v) is 4.22. The third kappa shape index (κ3) is 3.35. The molecule has 1 amide bonds. The molecular weight excluding hydrogens is 358 g/mol. The van der Waals surface area contributed by atoms with E-state index in [0.29, 0.717) is 30.1 Å². The van der Waals surface area contributed by atoms with E-state index in [1.54, 1.807) is 6.92 Å². The predicted octanol–water partition coefficient (Wildman–Crippen LogP) is 2.21. The van der Waals surface area contributed by atoms with Gasteiger partial charge in [-0.1, -0.05) is 0 Å². The number of nitrogens with one attached hydrogen (secondary N) is 1. The van der Waals surface area contributed by atoms with Gasteiger partial charge in [-0.05, 0) is 25.1 Å². The Labute approximate surface area is 151 Å². The molecule has 0 atom stereocenters. The lowest BCUT2D eigenvalue weighted by molar-refractivity contribution is 0.0721. The van der Waals surface area contributed by atoms with Gasteiger partial charge in [0.05, 0.1) is 6.54 Å². The van der Waals surface area contributed by atoms with Crippen LogP contribution < -0.4 is 5.69 Å². The Kier molecular flexibility index (Phi) is 4.06. The minimum absolute atomic E-state index is 0.0515. The number of nitrogens with zero attached hydrogens (tertiary/aromatic N) is 3. The molecule has 0 saturated carbocycles. The number of hydrogen-bond donors (Lipinski definition) is 1. The smallest absolute Gasteiger partial charge is 0.345 e. The van der Waals surface area contributed by atoms with Crippen LogP contribution in [0.1, 0.15) is 27.6 Å². The molecule has 3 heterocycles. The van der Waals surface area contributed by atoms with Gasteiger partial charge in [0.2, 0.25) is 5.89 Å². The van der Waals surface area contributed by atoms with Gasteiger partial charge >= 0.3 is 5.69 Å². The van der Waals surface area contributed by atoms with Crippen molar-refractivity contribution in [3.63, 3.8) is 0 Å². The molecular formula is C18H14F2N4O3. The van der Waals surface area contributed by atoms with E-state index in [-0.39, 0.29) is 23.7 Å². The first kappa shape index (κ1) is 17.1. The fraction of sp³-hybridized carbons (Fsp3) is 0.222. The summed E-state index contributed by atoms with van der Waals surface area (Å²) in [5, 5.41) is 0. The van der Waals surface area contributed by atoms with Gasteiger partial charge in [0.15, 0.2) is 0 Å². The Morgan fingerprint density at radius 3 is 2.63 bits per heavy atom. The summed E-state index contributed by atoms with van der Waals surface area (Å²) < 4.78 is 32.5. The molecule has 1 aliphatic rings. The molecule has 27 heavy (non-hydrogen) atoms. The lowest BCUT2D eigenvalue weighted by Gasteiger charge is -2.24. The zero-order valence-electron chi connectivity index (χ0n) is 14.3. The van der Waals surface area contributed by atoms with Crippen LogP contribution in [0.4, 0.5) is 8.78 Å². The van der Waals surface area contributed by atoms with Gasteiger partial charge in [0.1, 0.15) is 28.8 Å². The van der Waals surface area contributed by atoms with Crippen LogP contribution in [0.3, 0.4) is 0 Å². The largest absolute Gasteiger partial charge is 0.441 e. The average Bonchev–Trinajstić information content (AvgIpc) is 3.02. The van der Waals surface area contributed by atoms with Crippen molar-refractivity contribution in [2.45, 2.75) is 19.9 Å². The molecule has 1 N–H and O–H groups in total. The van der Waals surface area contributed by atoms with Crippen LogP contribution in [0.15, 0.2) is 33.5 Å². The van der Waals surface area contributed by atoms with Crippen LogP contribution in [0, 0.1) is 18.6 Å². The second-order valence-corrected chi connectivity index (χ2v) is 6.28. The molecule has 4 rings (SSSR count). The molecule has 0 spiro atoms. The SMILES string of the molecule is Cc1cc(C(=O)N2CCc3oc(-c4cc(F)cc(F)c4)nc3C2)nc(=O)[nH]1. The van der Waals surface area contributed by atoms with Crippen molar-refractivity contribution in [2.75, 3.05) is 6.54 Å². The number of aromatic amines is 1. The molecule has 9 heteroatoms. The highest BCUT2D eigenvalue weighted by atomic mass is 19.1. The van der Waals surface area contributed by atoms with Crippen LogP contribution in [0.25, 0.3) is 11.5 Å². The zero-order chi connectivity index (χ0) is 19.1. The Hall–Kier alpha value is -3.36. The number of oxazole rings is 1. The summed E-state index contributed by atoms with van der Waals surface area (Å²) >= 11 is 0. The molecule has 0 unspecified atom stereocenters. The second-order valence-electron chi connectivity index (χ2n) is 6.28. The summed E-state index contributed by atoms with van der Waals surface area (Å²) in [6.45, 7) is 2.17. The van der Waals surface area contributed by atoms with E-state index in [1.807, 2.05) is 0 Å². The molecule has 7 nitrogen and oxygen atoms in total. The lowest BCUT2D eigenvalue weighted by Crippen LogP contribution is -2.37. The number of carbonyl (C=O) groups excluding carboxylic acids is 1. The number of aromatic nitrogens is 3. The van der Waals surface area contributed by atoms with Gasteiger partial charge in [0, 0.05) is 30.3 Å². The van der Waals surface area contributed by atoms with Crippen molar-refractivity contribution in [1.29, 1.82) is 0 Å². The Morgan fingerprint density at radius 2 is 1.93 bits per heavy atom. The summed E-state index contributed by atoms with van der Waals surface area (Å²) in [7, 11) is 0. The number of halogens is 2. The van der Waals surface area contributed by atoms with Crippen LogP contribution in [-0.2, 0) is 13.0 Å². The Balaban J connectivity index is 1.61. The fourth-order valence-electron chi connectivity index (χ4n) is 3.02. The van der Waals surface area contributed by atoms with Crippen LogP contribution in [-0.4, -0.2) is 32.3 Å². The summed E-state index contributed by atoms with van der Waals surface area (Å²) in [4.78, 5) is 36.1. The number of H-pyrrole nitrogens is 1. The van der Waals surface area contributed by atoms with Crippen molar-refractivity contribution in [2.24, 2.45) is 0 Å². The maximum Gasteiger partial charge on any atom is 0.345 e. The summed E-state index contributed by atoms with van der Waals surface area (Å²) in [5.41, 5.74) is 0.693. The summed E-state index contributed by atoms with van der Waals surface area (Å²) in [6.07, 6.45) is 0.397.